The van der Waals surface area contributed by atoms with Crippen LogP contribution in [0.1, 0.15) is 40.3 Å². The van der Waals surface area contributed by atoms with E-state index in [-0.39, 0.29) is 30.0 Å². The molecule has 1 saturated heterocycles. The Morgan fingerprint density at radius 3 is 2.75 bits per heavy atom. The Balaban J connectivity index is 1.77. The summed E-state index contributed by atoms with van der Waals surface area (Å²) in [5.74, 6) is -1.31. The second-order valence-electron chi connectivity index (χ2n) is 7.30. The number of hydrogen-bond donors (Lipinski definition) is 2. The van der Waals surface area contributed by atoms with E-state index in [0.29, 0.717) is 11.7 Å². The van der Waals surface area contributed by atoms with E-state index in [9.17, 15) is 14.7 Å². The molecule has 8 nitrogen and oxygen atoms in total. The number of benzene rings is 1. The number of nitrogens with one attached hydrogen (secondary N) is 1. The van der Waals surface area contributed by atoms with Gasteiger partial charge in [0.15, 0.2) is 5.11 Å². The Morgan fingerprint density at radius 2 is 2.03 bits per heavy atom. The summed E-state index contributed by atoms with van der Waals surface area (Å²) >= 11 is 5.62. The third-order valence-electron chi connectivity index (χ3n) is 5.44. The highest BCUT2D eigenvalue weighted by Crippen LogP contribution is 2.39. The first kappa shape index (κ1) is 21.5. The van der Waals surface area contributed by atoms with E-state index in [2.05, 4.69) is 10.3 Å². The van der Waals surface area contributed by atoms with Crippen LogP contribution in [0, 0.1) is 0 Å². The topological polar surface area (TPSA) is 96.7 Å². The molecular weight excluding hydrogens is 428 g/mol. The molecule has 0 aliphatic carbocycles. The van der Waals surface area contributed by atoms with Crippen molar-refractivity contribution in [2.45, 2.75) is 18.5 Å². The van der Waals surface area contributed by atoms with Crippen LogP contribution in [-0.2, 0) is 9.53 Å². The van der Waals surface area contributed by atoms with Gasteiger partial charge in [-0.2, -0.15) is 0 Å². The minimum absolute atomic E-state index is 0.180. The van der Waals surface area contributed by atoms with Gasteiger partial charge >= 0.3 is 11.9 Å². The molecule has 0 amide bonds. The van der Waals surface area contributed by atoms with Crippen LogP contribution in [0.2, 0.25) is 0 Å². The maximum Gasteiger partial charge on any atom is 0.335 e. The second kappa shape index (κ2) is 9.19. The normalized spacial score (nSPS) is 17.8. The van der Waals surface area contributed by atoms with Crippen molar-refractivity contribution >= 4 is 29.3 Å². The third kappa shape index (κ3) is 4.19. The Kier molecular flexibility index (Phi) is 6.18. The summed E-state index contributed by atoms with van der Waals surface area (Å²) in [6.07, 6.45) is 3.79. The van der Waals surface area contributed by atoms with Crippen LogP contribution in [0.5, 0.6) is 0 Å². The number of aromatic nitrogens is 2. The van der Waals surface area contributed by atoms with Crippen LogP contribution in [-0.4, -0.2) is 50.3 Å². The van der Waals surface area contributed by atoms with Crippen molar-refractivity contribution in [2.24, 2.45) is 0 Å². The van der Waals surface area contributed by atoms with E-state index < -0.39 is 5.97 Å². The van der Waals surface area contributed by atoms with Crippen LogP contribution >= 0.6 is 12.2 Å². The van der Waals surface area contributed by atoms with Crippen LogP contribution in [0.15, 0.2) is 67.0 Å². The maximum atomic E-state index is 11.8. The number of rotatable bonds is 7. The summed E-state index contributed by atoms with van der Waals surface area (Å²) in [7, 11) is 1.36. The van der Waals surface area contributed by atoms with Crippen LogP contribution in [0.25, 0.3) is 5.69 Å². The average Bonchev–Trinajstić information content (AvgIpc) is 3.42. The Bertz CT molecular complexity index is 1150. The lowest BCUT2D eigenvalue weighted by atomic mass is 10.0. The van der Waals surface area contributed by atoms with Crippen molar-refractivity contribution in [1.82, 2.24) is 19.8 Å². The molecule has 2 N–H and O–H groups in total. The first-order valence-electron chi connectivity index (χ1n) is 10.1. The smallest absolute Gasteiger partial charge is 0.335 e. The number of carbonyl (C=O) groups excluding carboxylic acids is 1. The molecule has 0 bridgehead atoms. The van der Waals surface area contributed by atoms with Crippen LogP contribution < -0.4 is 5.32 Å². The number of carboxylic acid groups (broad SMARTS) is 1. The maximum absolute atomic E-state index is 11.8. The van der Waals surface area contributed by atoms with Gasteiger partial charge in [0.05, 0.1) is 36.9 Å². The molecule has 32 heavy (non-hydrogen) atoms. The number of aromatic carboxylic acids is 1. The molecule has 3 aromatic rings. The molecule has 0 radical (unpaired) electrons. The molecule has 0 spiro atoms. The van der Waals surface area contributed by atoms with Gasteiger partial charge in [0.1, 0.15) is 0 Å². The molecular formula is C23H22N4O4S. The van der Waals surface area contributed by atoms with Crippen LogP contribution in [0.3, 0.4) is 0 Å². The zero-order valence-electron chi connectivity index (χ0n) is 17.3. The zero-order valence-corrected chi connectivity index (χ0v) is 18.2. The van der Waals surface area contributed by atoms with E-state index in [1.54, 1.807) is 24.4 Å². The molecule has 1 fully saturated rings. The van der Waals surface area contributed by atoms with Gasteiger partial charge in [0, 0.05) is 30.3 Å². The molecule has 0 unspecified atom stereocenters. The molecule has 1 aliphatic heterocycles. The zero-order chi connectivity index (χ0) is 22.7. The molecule has 2 aromatic heterocycles. The number of ether oxygens (including phenoxy) is 1. The standard InChI is InChI=1S/C23H22N4O4S/c1-31-19(28)10-13-27-21(20(25-23(27)32)17-8-2-3-11-24-17)18-9-5-12-26(18)16-7-4-6-15(14-16)22(29)30/h2-9,11-12,14,20-21H,10,13H2,1H3,(H,25,32)(H,29,30)/t20-,21-/m1/s1. The van der Waals surface area contributed by atoms with Crippen molar-refractivity contribution in [3.63, 3.8) is 0 Å². The SMILES string of the molecule is COC(=O)CCN1C(=S)N[C@H](c2ccccn2)[C@H]1c1cccn1-c1cccc(C(=O)O)c1. The number of thiocarbonyl (C=S) groups is 1. The lowest BCUT2D eigenvalue weighted by molar-refractivity contribution is -0.140. The highest BCUT2D eigenvalue weighted by molar-refractivity contribution is 7.80. The van der Waals surface area contributed by atoms with Crippen molar-refractivity contribution in [1.29, 1.82) is 0 Å². The van der Waals surface area contributed by atoms with Gasteiger partial charge in [-0.25, -0.2) is 4.79 Å². The summed E-state index contributed by atoms with van der Waals surface area (Å²) < 4.78 is 6.75. The number of carbonyl (C=O) groups is 2. The van der Waals surface area contributed by atoms with Gasteiger partial charge in [-0.15, -0.1) is 0 Å². The predicted molar refractivity (Wildman–Crippen MR) is 122 cm³/mol. The number of hydrogen-bond acceptors (Lipinski definition) is 5. The Labute approximate surface area is 190 Å². The van der Waals surface area contributed by atoms with Crippen molar-refractivity contribution in [3.8, 4) is 5.69 Å². The van der Waals surface area contributed by atoms with Gasteiger partial charge in [-0.3, -0.25) is 9.78 Å². The predicted octanol–water partition coefficient (Wildman–Crippen LogP) is 3.11. The molecule has 2 atom stereocenters. The Hall–Kier alpha value is -3.72. The van der Waals surface area contributed by atoms with Gasteiger partial charge in [0.2, 0.25) is 0 Å². The fourth-order valence-corrected chi connectivity index (χ4v) is 4.27. The highest BCUT2D eigenvalue weighted by atomic mass is 32.1. The number of methoxy groups -OCH3 is 1. The molecule has 0 saturated carbocycles. The fraction of sp³-hybridized carbons (Fsp3) is 0.217. The summed E-state index contributed by atoms with van der Waals surface area (Å²) in [5, 5.41) is 13.3. The number of carboxylic acids is 1. The van der Waals surface area contributed by atoms with Gasteiger partial charge in [-0.1, -0.05) is 12.1 Å². The molecule has 4 rings (SSSR count). The van der Waals surface area contributed by atoms with Crippen molar-refractivity contribution in [2.75, 3.05) is 13.7 Å². The first-order valence-corrected chi connectivity index (χ1v) is 10.5. The molecule has 164 valence electrons. The lowest BCUT2D eigenvalue weighted by Crippen LogP contribution is -2.32. The molecule has 9 heteroatoms. The summed E-state index contributed by atoms with van der Waals surface area (Å²) in [6.45, 7) is 0.368. The van der Waals surface area contributed by atoms with Crippen molar-refractivity contribution in [3.05, 3.63) is 83.9 Å². The first-order chi connectivity index (χ1) is 15.5. The van der Waals surface area contributed by atoms with Gasteiger partial charge in [-0.05, 0) is 54.7 Å². The highest BCUT2D eigenvalue weighted by Gasteiger charge is 2.41. The van der Waals surface area contributed by atoms with E-state index >= 15 is 0 Å². The van der Waals surface area contributed by atoms with E-state index in [4.69, 9.17) is 17.0 Å². The summed E-state index contributed by atoms with van der Waals surface area (Å²) in [5.41, 5.74) is 2.62. The van der Waals surface area contributed by atoms with Crippen molar-refractivity contribution < 1.29 is 19.4 Å². The quantitative estimate of drug-likeness (QED) is 0.419. The number of pyridine rings is 1. The minimum atomic E-state index is -0.990. The second-order valence-corrected chi connectivity index (χ2v) is 7.69. The van der Waals surface area contributed by atoms with E-state index in [0.717, 1.165) is 17.1 Å². The van der Waals surface area contributed by atoms with E-state index in [1.807, 2.05) is 52.1 Å². The lowest BCUT2D eigenvalue weighted by Gasteiger charge is -2.28. The molecule has 1 aliphatic rings. The third-order valence-corrected chi connectivity index (χ3v) is 5.79. The number of nitrogens with zero attached hydrogens (tertiary/aromatic N) is 3. The average molecular weight is 451 g/mol. The monoisotopic (exact) mass is 450 g/mol. The molecule has 1 aromatic carbocycles. The Morgan fingerprint density at radius 1 is 1.19 bits per heavy atom. The summed E-state index contributed by atoms with van der Waals surface area (Å²) in [6, 6.07) is 15.8. The molecule has 3 heterocycles. The van der Waals surface area contributed by atoms with Gasteiger partial charge < -0.3 is 24.6 Å². The fourth-order valence-electron chi connectivity index (χ4n) is 3.94. The largest absolute Gasteiger partial charge is 0.478 e. The van der Waals surface area contributed by atoms with Gasteiger partial charge in [0.25, 0.3) is 0 Å². The number of esters is 1. The van der Waals surface area contributed by atoms with Crippen LogP contribution in [0.4, 0.5) is 0 Å². The minimum Gasteiger partial charge on any atom is -0.478 e. The summed E-state index contributed by atoms with van der Waals surface area (Å²) in [4.78, 5) is 29.8. The van der Waals surface area contributed by atoms with E-state index in [1.165, 1.54) is 7.11 Å².